The van der Waals surface area contributed by atoms with Crippen LogP contribution in [0.25, 0.3) is 77.1 Å². The van der Waals surface area contributed by atoms with E-state index in [0.717, 1.165) is 39.2 Å². The summed E-state index contributed by atoms with van der Waals surface area (Å²) in [5.74, 6) is 0. The van der Waals surface area contributed by atoms with Crippen molar-refractivity contribution in [2.75, 3.05) is 0 Å². The highest BCUT2D eigenvalue weighted by Crippen LogP contribution is 2.46. The molecule has 0 unspecified atom stereocenters. The van der Waals surface area contributed by atoms with E-state index in [-0.39, 0.29) is 5.28 Å². The number of rotatable bonds is 4. The Kier molecular flexibility index (Phi) is 6.79. The highest BCUT2D eigenvalue weighted by molar-refractivity contribution is 6.30. The second-order valence-electron chi connectivity index (χ2n) is 11.2. The number of hydrogen-bond acceptors (Lipinski definition) is 3. The summed E-state index contributed by atoms with van der Waals surface area (Å²) in [6.07, 6.45) is 1.68. The maximum atomic E-state index is 6.37. The quantitative estimate of drug-likeness (QED) is 0.0853. The number of hydrogen-bond donors (Lipinski definition) is 0. The number of pyridine rings is 1. The molecule has 0 bridgehead atoms. The SMILES string of the molecule is Cc1ccc(-c2ccc(-c3c4ccccc4c(-c4ccc(-c5ccnc(Cl)n5)cc4)c4ccc5ccccc5c34)cc2)nc1Cl. The van der Waals surface area contributed by atoms with E-state index in [0.29, 0.717) is 5.15 Å². The van der Waals surface area contributed by atoms with Crippen molar-refractivity contribution in [1.29, 1.82) is 0 Å². The van der Waals surface area contributed by atoms with Crippen LogP contribution >= 0.6 is 23.2 Å². The average molecular weight is 619 g/mol. The molecule has 45 heavy (non-hydrogen) atoms. The number of fused-ring (bicyclic) bond motifs is 4. The number of nitrogens with zero attached hydrogens (tertiary/aromatic N) is 3. The monoisotopic (exact) mass is 617 g/mol. The number of benzene rings is 6. The molecule has 0 aliphatic rings. The van der Waals surface area contributed by atoms with Gasteiger partial charge in [0.05, 0.1) is 11.4 Å². The average Bonchev–Trinajstić information content (AvgIpc) is 3.08. The molecule has 2 heterocycles. The van der Waals surface area contributed by atoms with Crippen LogP contribution in [0.15, 0.2) is 134 Å². The molecule has 0 N–H and O–H groups in total. The van der Waals surface area contributed by atoms with Gasteiger partial charge in [0.2, 0.25) is 5.28 Å². The van der Waals surface area contributed by atoms with Gasteiger partial charge in [-0.1, -0.05) is 127 Å². The second-order valence-corrected chi connectivity index (χ2v) is 11.9. The van der Waals surface area contributed by atoms with Crippen molar-refractivity contribution in [3.05, 3.63) is 150 Å². The van der Waals surface area contributed by atoms with Crippen molar-refractivity contribution in [3.8, 4) is 44.8 Å². The first-order valence-corrected chi connectivity index (χ1v) is 15.5. The third kappa shape index (κ3) is 4.82. The molecular formula is C40H25Cl2N3. The van der Waals surface area contributed by atoms with Gasteiger partial charge in [0, 0.05) is 17.3 Å². The first-order chi connectivity index (χ1) is 22.0. The normalized spacial score (nSPS) is 11.4. The zero-order valence-electron chi connectivity index (χ0n) is 24.3. The molecule has 0 amide bonds. The minimum absolute atomic E-state index is 0.239. The summed E-state index contributed by atoms with van der Waals surface area (Å²) in [6.45, 7) is 1.97. The van der Waals surface area contributed by atoms with E-state index in [1.165, 1.54) is 43.4 Å². The standard InChI is InChI=1S/C40H25Cl2N3/c1-24-10-21-34(44-39(24)41)26-13-17-29(18-14-26)37-32-9-5-4-8-31(32)36(33-20-19-25-6-2-3-7-30(25)38(33)37)28-15-11-27(12-16-28)35-22-23-43-40(42)45-35/h2-23H,1H3. The smallest absolute Gasteiger partial charge is 0.222 e. The molecule has 2 aromatic heterocycles. The van der Waals surface area contributed by atoms with E-state index in [4.69, 9.17) is 23.2 Å². The highest BCUT2D eigenvalue weighted by Gasteiger charge is 2.19. The Hall–Kier alpha value is -5.09. The van der Waals surface area contributed by atoms with Crippen LogP contribution in [0.3, 0.4) is 0 Å². The fourth-order valence-electron chi connectivity index (χ4n) is 6.33. The van der Waals surface area contributed by atoms with Crippen LogP contribution < -0.4 is 0 Å². The van der Waals surface area contributed by atoms with Gasteiger partial charge in [0.1, 0.15) is 5.15 Å². The van der Waals surface area contributed by atoms with E-state index in [9.17, 15) is 0 Å². The zero-order chi connectivity index (χ0) is 30.5. The van der Waals surface area contributed by atoms with E-state index in [1.54, 1.807) is 6.20 Å². The lowest BCUT2D eigenvalue weighted by molar-refractivity contribution is 1.17. The lowest BCUT2D eigenvalue weighted by atomic mass is 9.83. The molecule has 214 valence electrons. The lowest BCUT2D eigenvalue weighted by Gasteiger charge is -2.19. The molecule has 5 heteroatoms. The van der Waals surface area contributed by atoms with Gasteiger partial charge < -0.3 is 0 Å². The minimum atomic E-state index is 0.239. The maximum Gasteiger partial charge on any atom is 0.222 e. The molecule has 0 fully saturated rings. The maximum absolute atomic E-state index is 6.37. The van der Waals surface area contributed by atoms with Gasteiger partial charge in [-0.2, -0.15) is 0 Å². The predicted octanol–water partition coefficient (Wildman–Crippen LogP) is 11.6. The number of aromatic nitrogens is 3. The van der Waals surface area contributed by atoms with Crippen LogP contribution in [0.1, 0.15) is 5.56 Å². The summed E-state index contributed by atoms with van der Waals surface area (Å²) in [5.41, 5.74) is 9.35. The van der Waals surface area contributed by atoms with E-state index < -0.39 is 0 Å². The second kappa shape index (κ2) is 11.1. The number of aryl methyl sites for hydroxylation is 1. The summed E-state index contributed by atoms with van der Waals surface area (Å²) in [6, 6.07) is 45.0. The van der Waals surface area contributed by atoms with E-state index in [1.807, 2.05) is 25.1 Å². The van der Waals surface area contributed by atoms with Crippen molar-refractivity contribution >= 4 is 55.5 Å². The molecule has 8 rings (SSSR count). The minimum Gasteiger partial charge on any atom is -0.236 e. The summed E-state index contributed by atoms with van der Waals surface area (Å²) in [7, 11) is 0. The Morgan fingerprint density at radius 3 is 1.71 bits per heavy atom. The van der Waals surface area contributed by atoms with Crippen LogP contribution in [0, 0.1) is 6.92 Å². The Morgan fingerprint density at radius 1 is 0.467 bits per heavy atom. The first kappa shape index (κ1) is 27.5. The molecular weight excluding hydrogens is 593 g/mol. The van der Waals surface area contributed by atoms with Gasteiger partial charge >= 0.3 is 0 Å². The Balaban J connectivity index is 1.38. The van der Waals surface area contributed by atoms with E-state index >= 15 is 0 Å². The lowest BCUT2D eigenvalue weighted by Crippen LogP contribution is -1.93. The van der Waals surface area contributed by atoms with Crippen LogP contribution in [0.4, 0.5) is 0 Å². The summed E-state index contributed by atoms with van der Waals surface area (Å²) < 4.78 is 0. The fourth-order valence-corrected chi connectivity index (χ4v) is 6.64. The van der Waals surface area contributed by atoms with Crippen molar-refractivity contribution in [2.24, 2.45) is 0 Å². The van der Waals surface area contributed by atoms with Crippen molar-refractivity contribution in [2.45, 2.75) is 6.92 Å². The molecule has 3 nitrogen and oxygen atoms in total. The largest absolute Gasteiger partial charge is 0.236 e. The van der Waals surface area contributed by atoms with Gasteiger partial charge in [-0.15, -0.1) is 0 Å². The van der Waals surface area contributed by atoms with E-state index in [2.05, 4.69) is 124 Å². The Labute approximate surface area is 270 Å². The molecule has 0 saturated heterocycles. The van der Waals surface area contributed by atoms with Crippen molar-refractivity contribution in [3.63, 3.8) is 0 Å². The number of halogens is 2. The highest BCUT2D eigenvalue weighted by atomic mass is 35.5. The summed E-state index contributed by atoms with van der Waals surface area (Å²) >= 11 is 12.5. The molecule has 0 atom stereocenters. The van der Waals surface area contributed by atoms with Gasteiger partial charge in [-0.05, 0) is 90.8 Å². The molecule has 0 aliphatic carbocycles. The van der Waals surface area contributed by atoms with Gasteiger partial charge in [-0.25, -0.2) is 15.0 Å². The van der Waals surface area contributed by atoms with Gasteiger partial charge in [0.25, 0.3) is 0 Å². The fraction of sp³-hybridized carbons (Fsp3) is 0.0250. The summed E-state index contributed by atoms with van der Waals surface area (Å²) in [4.78, 5) is 13.0. The molecule has 0 spiro atoms. The summed E-state index contributed by atoms with van der Waals surface area (Å²) in [5, 5.41) is 8.04. The van der Waals surface area contributed by atoms with Gasteiger partial charge in [0.15, 0.2) is 0 Å². The molecule has 8 aromatic rings. The van der Waals surface area contributed by atoms with Crippen LogP contribution in [-0.2, 0) is 0 Å². The van der Waals surface area contributed by atoms with Crippen LogP contribution in [0.2, 0.25) is 10.4 Å². The Morgan fingerprint density at radius 2 is 1.04 bits per heavy atom. The topological polar surface area (TPSA) is 38.7 Å². The molecule has 6 aromatic carbocycles. The molecule has 0 saturated carbocycles. The first-order valence-electron chi connectivity index (χ1n) is 14.7. The van der Waals surface area contributed by atoms with Gasteiger partial charge in [-0.3, -0.25) is 0 Å². The molecule has 0 radical (unpaired) electrons. The zero-order valence-corrected chi connectivity index (χ0v) is 25.8. The Bertz CT molecular complexity index is 2400. The van der Waals surface area contributed by atoms with Crippen molar-refractivity contribution < 1.29 is 0 Å². The third-order valence-corrected chi connectivity index (χ3v) is 9.08. The van der Waals surface area contributed by atoms with Crippen LogP contribution in [0.5, 0.6) is 0 Å². The van der Waals surface area contributed by atoms with Crippen LogP contribution in [-0.4, -0.2) is 15.0 Å². The molecule has 0 aliphatic heterocycles. The predicted molar refractivity (Wildman–Crippen MR) is 189 cm³/mol. The van der Waals surface area contributed by atoms with Crippen molar-refractivity contribution in [1.82, 2.24) is 15.0 Å². The third-order valence-electron chi connectivity index (χ3n) is 8.51.